The summed E-state index contributed by atoms with van der Waals surface area (Å²) in [6.07, 6.45) is 0.848. The molecule has 0 spiro atoms. The molecule has 1 rings (SSSR count). The molecule has 0 aliphatic heterocycles. The van der Waals surface area contributed by atoms with Crippen LogP contribution in [0.4, 0.5) is 8.78 Å². The maximum absolute atomic E-state index is 12.7. The molecule has 1 aromatic rings. The van der Waals surface area contributed by atoms with Crippen LogP contribution in [0, 0.1) is 11.6 Å². The van der Waals surface area contributed by atoms with E-state index in [4.69, 9.17) is 0 Å². The Balaban J connectivity index is 2.65. The number of hydrogen-bond donors (Lipinski definition) is 1. The van der Waals surface area contributed by atoms with Gasteiger partial charge in [0.25, 0.3) is 5.91 Å². The van der Waals surface area contributed by atoms with E-state index in [0.717, 1.165) is 12.1 Å². The quantitative estimate of drug-likeness (QED) is 0.605. The molecule has 3 nitrogen and oxygen atoms in total. The zero-order valence-corrected chi connectivity index (χ0v) is 7.80. The number of amides is 1. The first kappa shape index (κ1) is 11.3. The van der Waals surface area contributed by atoms with Gasteiger partial charge >= 0.3 is 0 Å². The van der Waals surface area contributed by atoms with Crippen molar-refractivity contribution in [2.45, 2.75) is 6.42 Å². The van der Waals surface area contributed by atoms with Crippen molar-refractivity contribution in [3.8, 4) is 0 Å². The van der Waals surface area contributed by atoms with E-state index in [1.54, 1.807) is 0 Å². The summed E-state index contributed by atoms with van der Waals surface area (Å²) in [4.78, 5) is 21.2. The van der Waals surface area contributed by atoms with Crippen LogP contribution in [0.2, 0.25) is 0 Å². The number of halogens is 2. The van der Waals surface area contributed by atoms with Gasteiger partial charge in [0.1, 0.15) is 6.29 Å². The molecule has 0 atom stereocenters. The molecule has 0 saturated heterocycles. The molecule has 1 amide bonds. The average molecular weight is 213 g/mol. The van der Waals surface area contributed by atoms with Crippen LogP contribution >= 0.6 is 0 Å². The monoisotopic (exact) mass is 213 g/mol. The summed E-state index contributed by atoms with van der Waals surface area (Å²) in [7, 11) is 0. The Hall–Kier alpha value is -1.78. The average Bonchev–Trinajstić information content (AvgIpc) is 2.22. The van der Waals surface area contributed by atoms with Gasteiger partial charge in [0.05, 0.1) is 0 Å². The Labute approximate surface area is 85.1 Å². The van der Waals surface area contributed by atoms with E-state index in [2.05, 4.69) is 5.32 Å². The van der Waals surface area contributed by atoms with Gasteiger partial charge in [-0.3, -0.25) is 4.79 Å². The van der Waals surface area contributed by atoms with E-state index in [1.165, 1.54) is 6.07 Å². The van der Waals surface area contributed by atoms with Gasteiger partial charge in [-0.15, -0.1) is 0 Å². The summed E-state index contributed by atoms with van der Waals surface area (Å²) in [6, 6.07) is 2.87. The molecule has 15 heavy (non-hydrogen) atoms. The molecule has 0 heterocycles. The predicted octanol–water partition coefficient (Wildman–Crippen LogP) is 1.28. The molecule has 1 aromatic carbocycles. The number of benzene rings is 1. The van der Waals surface area contributed by atoms with Crippen molar-refractivity contribution in [3.05, 3.63) is 35.4 Å². The van der Waals surface area contributed by atoms with Gasteiger partial charge in [-0.25, -0.2) is 8.78 Å². The van der Waals surface area contributed by atoms with E-state index in [1.807, 2.05) is 0 Å². The van der Waals surface area contributed by atoms with Crippen LogP contribution in [-0.4, -0.2) is 18.7 Å². The molecule has 0 fully saturated rings. The minimum Gasteiger partial charge on any atom is -0.352 e. The highest BCUT2D eigenvalue weighted by Gasteiger charge is 2.08. The summed E-state index contributed by atoms with van der Waals surface area (Å²) in [5.41, 5.74) is 0.0276. The summed E-state index contributed by atoms with van der Waals surface area (Å²) in [6.45, 7) is 0.182. The van der Waals surface area contributed by atoms with Crippen molar-refractivity contribution in [3.63, 3.8) is 0 Å². The number of carbonyl (C=O) groups excluding carboxylic acids is 2. The topological polar surface area (TPSA) is 46.2 Å². The summed E-state index contributed by atoms with van der Waals surface area (Å²) >= 11 is 0. The largest absolute Gasteiger partial charge is 0.352 e. The second-order valence-electron chi connectivity index (χ2n) is 2.84. The van der Waals surface area contributed by atoms with Crippen LogP contribution in [0.3, 0.4) is 0 Å². The Morgan fingerprint density at radius 3 is 2.67 bits per heavy atom. The van der Waals surface area contributed by atoms with E-state index in [-0.39, 0.29) is 18.5 Å². The van der Waals surface area contributed by atoms with Crippen molar-refractivity contribution in [1.29, 1.82) is 0 Å². The van der Waals surface area contributed by atoms with Gasteiger partial charge in [0.2, 0.25) is 0 Å². The molecular formula is C10H9F2NO2. The molecule has 0 bridgehead atoms. The lowest BCUT2D eigenvalue weighted by molar-refractivity contribution is -0.107. The van der Waals surface area contributed by atoms with Gasteiger partial charge in [0, 0.05) is 18.5 Å². The van der Waals surface area contributed by atoms with Crippen molar-refractivity contribution in [1.82, 2.24) is 5.32 Å². The Kier molecular flexibility index (Phi) is 3.91. The van der Waals surface area contributed by atoms with Crippen LogP contribution in [0.1, 0.15) is 16.8 Å². The Morgan fingerprint density at radius 2 is 2.07 bits per heavy atom. The summed E-state index contributed by atoms with van der Waals surface area (Å²) in [5.74, 6) is -2.60. The van der Waals surface area contributed by atoms with E-state index >= 15 is 0 Å². The molecule has 0 saturated carbocycles. The first-order valence-electron chi connectivity index (χ1n) is 4.32. The highest BCUT2D eigenvalue weighted by atomic mass is 19.2. The van der Waals surface area contributed by atoms with Crippen LogP contribution in [0.5, 0.6) is 0 Å². The third-order valence-electron chi connectivity index (χ3n) is 1.73. The van der Waals surface area contributed by atoms with Crippen molar-refractivity contribution in [2.75, 3.05) is 6.54 Å². The van der Waals surface area contributed by atoms with Gasteiger partial charge in [-0.1, -0.05) is 0 Å². The van der Waals surface area contributed by atoms with E-state index in [9.17, 15) is 18.4 Å². The molecular weight excluding hydrogens is 204 g/mol. The first-order valence-corrected chi connectivity index (χ1v) is 4.32. The SMILES string of the molecule is O=CCCNC(=O)c1ccc(F)c(F)c1. The third kappa shape index (κ3) is 3.12. The minimum atomic E-state index is -1.07. The molecule has 0 aliphatic carbocycles. The number of carbonyl (C=O) groups is 2. The maximum atomic E-state index is 12.7. The number of rotatable bonds is 4. The fourth-order valence-corrected chi connectivity index (χ4v) is 0.984. The highest BCUT2D eigenvalue weighted by molar-refractivity contribution is 5.94. The van der Waals surface area contributed by atoms with Gasteiger partial charge in [0.15, 0.2) is 11.6 Å². The highest BCUT2D eigenvalue weighted by Crippen LogP contribution is 2.08. The molecule has 80 valence electrons. The minimum absolute atomic E-state index is 0.0276. The summed E-state index contributed by atoms with van der Waals surface area (Å²) in [5, 5.41) is 2.39. The fraction of sp³-hybridized carbons (Fsp3) is 0.200. The lowest BCUT2D eigenvalue weighted by atomic mass is 10.2. The first-order chi connectivity index (χ1) is 7.15. The molecule has 0 aliphatic rings. The molecule has 0 radical (unpaired) electrons. The number of nitrogens with one attached hydrogen (secondary N) is 1. The summed E-state index contributed by atoms with van der Waals surface area (Å²) < 4.78 is 25.2. The lowest BCUT2D eigenvalue weighted by Crippen LogP contribution is -2.24. The zero-order valence-electron chi connectivity index (χ0n) is 7.80. The van der Waals surface area contributed by atoms with Crippen LogP contribution in [0.15, 0.2) is 18.2 Å². The van der Waals surface area contributed by atoms with Crippen molar-refractivity contribution >= 4 is 12.2 Å². The molecule has 0 unspecified atom stereocenters. The zero-order chi connectivity index (χ0) is 11.3. The van der Waals surface area contributed by atoms with E-state index < -0.39 is 17.5 Å². The smallest absolute Gasteiger partial charge is 0.251 e. The van der Waals surface area contributed by atoms with Gasteiger partial charge < -0.3 is 10.1 Å². The van der Waals surface area contributed by atoms with Crippen molar-refractivity contribution in [2.24, 2.45) is 0 Å². The number of aldehydes is 1. The predicted molar refractivity (Wildman–Crippen MR) is 49.4 cm³/mol. The number of hydrogen-bond acceptors (Lipinski definition) is 2. The normalized spacial score (nSPS) is 9.73. The fourth-order valence-electron chi connectivity index (χ4n) is 0.984. The van der Waals surface area contributed by atoms with E-state index in [0.29, 0.717) is 6.29 Å². The van der Waals surface area contributed by atoms with Gasteiger partial charge in [-0.2, -0.15) is 0 Å². The standard InChI is InChI=1S/C10H9F2NO2/c11-8-3-2-7(6-9(8)12)10(15)13-4-1-5-14/h2-3,5-6H,1,4H2,(H,13,15). The molecule has 5 heteroatoms. The Morgan fingerprint density at radius 1 is 1.33 bits per heavy atom. The third-order valence-corrected chi connectivity index (χ3v) is 1.73. The molecule has 0 aromatic heterocycles. The van der Waals surface area contributed by atoms with Crippen molar-refractivity contribution < 1.29 is 18.4 Å². The van der Waals surface area contributed by atoms with Crippen LogP contribution in [-0.2, 0) is 4.79 Å². The second-order valence-corrected chi connectivity index (χ2v) is 2.84. The van der Waals surface area contributed by atoms with Gasteiger partial charge in [-0.05, 0) is 18.2 Å². The Bertz CT molecular complexity index is 380. The second kappa shape index (κ2) is 5.19. The maximum Gasteiger partial charge on any atom is 0.251 e. The molecule has 1 N–H and O–H groups in total. The van der Waals surface area contributed by atoms with Crippen LogP contribution in [0.25, 0.3) is 0 Å². The lowest BCUT2D eigenvalue weighted by Gasteiger charge is -2.03. The van der Waals surface area contributed by atoms with Crippen LogP contribution < -0.4 is 5.32 Å².